The van der Waals surface area contributed by atoms with Crippen molar-refractivity contribution in [1.82, 2.24) is 15.2 Å². The minimum Gasteiger partial charge on any atom is -0.497 e. The van der Waals surface area contributed by atoms with Crippen LogP contribution in [-0.2, 0) is 0 Å². The van der Waals surface area contributed by atoms with Crippen molar-refractivity contribution in [1.29, 1.82) is 0 Å². The summed E-state index contributed by atoms with van der Waals surface area (Å²) in [5.41, 5.74) is 3.07. The van der Waals surface area contributed by atoms with Gasteiger partial charge in [0, 0.05) is 29.6 Å². The number of benzene rings is 2. The van der Waals surface area contributed by atoms with E-state index >= 15 is 0 Å². The minimum absolute atomic E-state index is 0.432. The molecular formula is C20H19ClN4O. The van der Waals surface area contributed by atoms with E-state index in [0.29, 0.717) is 11.9 Å². The van der Waals surface area contributed by atoms with Crippen LogP contribution < -0.4 is 9.64 Å². The Kier molecular flexibility index (Phi) is 4.71. The topological polar surface area (TPSA) is 51.1 Å². The molecule has 132 valence electrons. The van der Waals surface area contributed by atoms with Gasteiger partial charge in [-0.1, -0.05) is 23.7 Å². The monoisotopic (exact) mass is 366 g/mol. The van der Waals surface area contributed by atoms with Crippen molar-refractivity contribution in [3.8, 4) is 17.0 Å². The van der Waals surface area contributed by atoms with E-state index in [1.807, 2.05) is 42.5 Å². The standard InChI is InChI=1S/C20H19ClN4O/c1-26-18-7-5-14(6-8-18)19-12-22-24-20(23-19)25-10-9-16(13-25)15-3-2-4-17(21)11-15/h2-8,11-12,16H,9-10,13H2,1H3. The van der Waals surface area contributed by atoms with Crippen molar-refractivity contribution in [3.05, 3.63) is 65.3 Å². The Morgan fingerprint density at radius 2 is 2.00 bits per heavy atom. The van der Waals surface area contributed by atoms with Crippen LogP contribution in [0.4, 0.5) is 5.95 Å². The molecule has 1 aromatic heterocycles. The van der Waals surface area contributed by atoms with E-state index in [4.69, 9.17) is 21.3 Å². The summed E-state index contributed by atoms with van der Waals surface area (Å²) in [5, 5.41) is 9.17. The lowest BCUT2D eigenvalue weighted by molar-refractivity contribution is 0.415. The van der Waals surface area contributed by atoms with Crippen LogP contribution in [0.2, 0.25) is 5.02 Å². The Labute approximate surface area is 157 Å². The zero-order valence-electron chi connectivity index (χ0n) is 14.5. The van der Waals surface area contributed by atoms with Gasteiger partial charge in [-0.15, -0.1) is 5.10 Å². The van der Waals surface area contributed by atoms with Crippen LogP contribution in [0.5, 0.6) is 5.75 Å². The van der Waals surface area contributed by atoms with E-state index < -0.39 is 0 Å². The molecule has 1 atom stereocenters. The van der Waals surface area contributed by atoms with Crippen molar-refractivity contribution in [3.63, 3.8) is 0 Å². The second-order valence-corrected chi connectivity index (χ2v) is 6.79. The highest BCUT2D eigenvalue weighted by Crippen LogP contribution is 2.31. The third-order valence-electron chi connectivity index (χ3n) is 4.72. The molecular weight excluding hydrogens is 348 g/mol. The van der Waals surface area contributed by atoms with Gasteiger partial charge in [-0.2, -0.15) is 5.10 Å². The van der Waals surface area contributed by atoms with Gasteiger partial charge in [0.05, 0.1) is 19.0 Å². The first-order chi connectivity index (χ1) is 12.7. The summed E-state index contributed by atoms with van der Waals surface area (Å²) in [6.45, 7) is 1.78. The first kappa shape index (κ1) is 16.8. The molecule has 0 bridgehead atoms. The molecule has 3 aromatic rings. The molecule has 6 heteroatoms. The normalized spacial score (nSPS) is 16.7. The summed E-state index contributed by atoms with van der Waals surface area (Å²) in [6, 6.07) is 15.9. The van der Waals surface area contributed by atoms with Crippen molar-refractivity contribution in [2.45, 2.75) is 12.3 Å². The third-order valence-corrected chi connectivity index (χ3v) is 4.96. The zero-order valence-corrected chi connectivity index (χ0v) is 15.2. The molecule has 2 aromatic carbocycles. The molecule has 0 N–H and O–H groups in total. The van der Waals surface area contributed by atoms with Crippen LogP contribution in [0.25, 0.3) is 11.3 Å². The van der Waals surface area contributed by atoms with Crippen LogP contribution >= 0.6 is 11.6 Å². The molecule has 4 rings (SSSR count). The predicted octanol–water partition coefficient (Wildman–Crippen LogP) is 4.19. The number of hydrogen-bond donors (Lipinski definition) is 0. The first-order valence-corrected chi connectivity index (χ1v) is 8.95. The molecule has 2 heterocycles. The molecule has 0 aliphatic carbocycles. The van der Waals surface area contributed by atoms with Crippen molar-refractivity contribution >= 4 is 17.5 Å². The molecule has 0 spiro atoms. The molecule has 26 heavy (non-hydrogen) atoms. The third kappa shape index (κ3) is 3.48. The summed E-state index contributed by atoms with van der Waals surface area (Å²) in [6.07, 6.45) is 2.74. The van der Waals surface area contributed by atoms with E-state index in [1.54, 1.807) is 13.3 Å². The molecule has 0 amide bonds. The summed E-state index contributed by atoms with van der Waals surface area (Å²) in [5.74, 6) is 1.92. The molecule has 1 aliphatic rings. The summed E-state index contributed by atoms with van der Waals surface area (Å²) < 4.78 is 5.21. The number of ether oxygens (including phenoxy) is 1. The zero-order chi connectivity index (χ0) is 17.9. The fraction of sp³-hybridized carbons (Fsp3) is 0.250. The quantitative estimate of drug-likeness (QED) is 0.692. The average molecular weight is 367 g/mol. The lowest BCUT2D eigenvalue weighted by Gasteiger charge is -2.16. The summed E-state index contributed by atoms with van der Waals surface area (Å²) in [4.78, 5) is 6.90. The summed E-state index contributed by atoms with van der Waals surface area (Å²) in [7, 11) is 1.66. The fourth-order valence-corrected chi connectivity index (χ4v) is 3.50. The van der Waals surface area contributed by atoms with Crippen LogP contribution in [0.15, 0.2) is 54.7 Å². The lowest BCUT2D eigenvalue weighted by Crippen LogP contribution is -2.22. The largest absolute Gasteiger partial charge is 0.497 e. The van der Waals surface area contributed by atoms with E-state index in [1.165, 1.54) is 5.56 Å². The van der Waals surface area contributed by atoms with Crippen LogP contribution in [0.1, 0.15) is 17.9 Å². The highest BCUT2D eigenvalue weighted by atomic mass is 35.5. The van der Waals surface area contributed by atoms with E-state index in [0.717, 1.165) is 41.5 Å². The van der Waals surface area contributed by atoms with E-state index in [9.17, 15) is 0 Å². The van der Waals surface area contributed by atoms with Crippen molar-refractivity contribution < 1.29 is 4.74 Å². The van der Waals surface area contributed by atoms with E-state index in [-0.39, 0.29) is 0 Å². The molecule has 1 unspecified atom stereocenters. The van der Waals surface area contributed by atoms with Crippen LogP contribution in [-0.4, -0.2) is 35.4 Å². The highest BCUT2D eigenvalue weighted by Gasteiger charge is 2.26. The number of hydrogen-bond acceptors (Lipinski definition) is 5. The maximum Gasteiger partial charge on any atom is 0.245 e. The first-order valence-electron chi connectivity index (χ1n) is 8.57. The number of rotatable bonds is 4. The average Bonchev–Trinajstić information content (AvgIpc) is 3.19. The Bertz CT molecular complexity index is 900. The maximum absolute atomic E-state index is 6.13. The Balaban J connectivity index is 1.53. The highest BCUT2D eigenvalue weighted by molar-refractivity contribution is 6.30. The van der Waals surface area contributed by atoms with Crippen molar-refractivity contribution in [2.75, 3.05) is 25.1 Å². The lowest BCUT2D eigenvalue weighted by atomic mass is 9.99. The number of halogens is 1. The van der Waals surface area contributed by atoms with Crippen molar-refractivity contribution in [2.24, 2.45) is 0 Å². The minimum atomic E-state index is 0.432. The van der Waals surface area contributed by atoms with E-state index in [2.05, 4.69) is 21.2 Å². The molecule has 1 aliphatic heterocycles. The van der Waals surface area contributed by atoms with Gasteiger partial charge in [0.25, 0.3) is 0 Å². The van der Waals surface area contributed by atoms with Crippen LogP contribution in [0.3, 0.4) is 0 Å². The van der Waals surface area contributed by atoms with Gasteiger partial charge in [-0.3, -0.25) is 0 Å². The maximum atomic E-state index is 6.13. The molecule has 5 nitrogen and oxygen atoms in total. The van der Waals surface area contributed by atoms with Gasteiger partial charge in [0.15, 0.2) is 0 Å². The second kappa shape index (κ2) is 7.30. The second-order valence-electron chi connectivity index (χ2n) is 6.36. The SMILES string of the molecule is COc1ccc(-c2cnnc(N3CCC(c4cccc(Cl)c4)C3)n2)cc1. The molecule has 1 fully saturated rings. The predicted molar refractivity (Wildman–Crippen MR) is 103 cm³/mol. The van der Waals surface area contributed by atoms with Gasteiger partial charge in [0.2, 0.25) is 5.95 Å². The summed E-state index contributed by atoms with van der Waals surface area (Å²) >= 11 is 6.13. The number of anilines is 1. The molecule has 1 saturated heterocycles. The smallest absolute Gasteiger partial charge is 0.245 e. The van der Waals surface area contributed by atoms with Gasteiger partial charge in [-0.25, -0.2) is 4.98 Å². The number of methoxy groups -OCH3 is 1. The molecule has 0 saturated carbocycles. The van der Waals surface area contributed by atoms with Gasteiger partial charge in [0.1, 0.15) is 5.75 Å². The number of aromatic nitrogens is 3. The Hall–Kier alpha value is -2.66. The fourth-order valence-electron chi connectivity index (χ4n) is 3.30. The Morgan fingerprint density at radius 3 is 2.77 bits per heavy atom. The van der Waals surface area contributed by atoms with Gasteiger partial charge < -0.3 is 9.64 Å². The van der Waals surface area contributed by atoms with Gasteiger partial charge in [-0.05, 0) is 48.4 Å². The molecule has 0 radical (unpaired) electrons. The number of nitrogens with zero attached hydrogens (tertiary/aromatic N) is 4. The van der Waals surface area contributed by atoms with Gasteiger partial charge >= 0.3 is 0 Å². The Morgan fingerprint density at radius 1 is 1.15 bits per heavy atom. The van der Waals surface area contributed by atoms with Crippen LogP contribution in [0, 0.1) is 0 Å².